The van der Waals surface area contributed by atoms with E-state index in [2.05, 4.69) is 29.8 Å². The summed E-state index contributed by atoms with van der Waals surface area (Å²) in [7, 11) is 3.27. The first-order valence-electron chi connectivity index (χ1n) is 5.72. The second-order valence-corrected chi connectivity index (χ2v) is 4.94. The Bertz CT molecular complexity index is 357. The number of nitrogens with two attached hydrogens (primary N) is 1. The van der Waals surface area contributed by atoms with Crippen molar-refractivity contribution in [3.05, 3.63) is 22.2 Å². The first-order chi connectivity index (χ1) is 8.04. The van der Waals surface area contributed by atoms with Crippen molar-refractivity contribution in [1.82, 2.24) is 0 Å². The minimum Gasteiger partial charge on any atom is -0.495 e. The van der Waals surface area contributed by atoms with Crippen LogP contribution in [0.4, 0.5) is 0 Å². The van der Waals surface area contributed by atoms with Crippen molar-refractivity contribution in [3.8, 4) is 11.5 Å². The largest absolute Gasteiger partial charge is 0.495 e. The van der Waals surface area contributed by atoms with Gasteiger partial charge in [0.1, 0.15) is 16.0 Å². The van der Waals surface area contributed by atoms with Gasteiger partial charge in [0.2, 0.25) is 0 Å². The van der Waals surface area contributed by atoms with Gasteiger partial charge in [-0.3, -0.25) is 0 Å². The summed E-state index contributed by atoms with van der Waals surface area (Å²) >= 11 is 3.45. The molecule has 0 radical (unpaired) electrons. The fourth-order valence-electron chi connectivity index (χ4n) is 1.66. The maximum Gasteiger partial charge on any atom is 0.137 e. The highest BCUT2D eigenvalue weighted by atomic mass is 79.9. The van der Waals surface area contributed by atoms with Crippen LogP contribution in [0.1, 0.15) is 31.9 Å². The highest BCUT2D eigenvalue weighted by Gasteiger charge is 2.17. The monoisotopic (exact) mass is 301 g/mol. The Kier molecular flexibility index (Phi) is 5.28. The van der Waals surface area contributed by atoms with Crippen LogP contribution >= 0.6 is 15.9 Å². The van der Waals surface area contributed by atoms with Crippen LogP contribution in [0, 0.1) is 5.92 Å². The van der Waals surface area contributed by atoms with E-state index < -0.39 is 0 Å². The molecule has 1 aromatic carbocycles. The van der Waals surface area contributed by atoms with Crippen LogP contribution < -0.4 is 15.2 Å². The molecule has 0 amide bonds. The number of hydrogen-bond acceptors (Lipinski definition) is 3. The maximum atomic E-state index is 6.22. The molecule has 0 saturated heterocycles. The zero-order chi connectivity index (χ0) is 13.0. The van der Waals surface area contributed by atoms with Gasteiger partial charge in [-0.2, -0.15) is 0 Å². The van der Waals surface area contributed by atoms with Crippen LogP contribution in [-0.4, -0.2) is 14.2 Å². The summed E-state index contributed by atoms with van der Waals surface area (Å²) in [5, 5.41) is 0. The third kappa shape index (κ3) is 3.13. The normalized spacial score (nSPS) is 14.2. The lowest BCUT2D eigenvalue weighted by atomic mass is 9.93. The number of ether oxygens (including phenoxy) is 2. The summed E-state index contributed by atoms with van der Waals surface area (Å²) in [5.41, 5.74) is 7.26. The summed E-state index contributed by atoms with van der Waals surface area (Å²) in [6, 6.07) is 3.92. The van der Waals surface area contributed by atoms with Crippen molar-refractivity contribution in [2.75, 3.05) is 14.2 Å². The molecule has 0 aliphatic heterocycles. The van der Waals surface area contributed by atoms with Crippen molar-refractivity contribution >= 4 is 15.9 Å². The van der Waals surface area contributed by atoms with Crippen LogP contribution in [-0.2, 0) is 0 Å². The molecule has 1 unspecified atom stereocenters. The molecule has 2 N–H and O–H groups in total. The summed E-state index contributed by atoms with van der Waals surface area (Å²) < 4.78 is 11.4. The Hall–Kier alpha value is -0.740. The first kappa shape index (κ1) is 14.3. The van der Waals surface area contributed by atoms with E-state index in [9.17, 15) is 0 Å². The number of rotatable bonds is 5. The minimum absolute atomic E-state index is 0.00380. The maximum absolute atomic E-state index is 6.22. The van der Waals surface area contributed by atoms with E-state index in [4.69, 9.17) is 15.2 Å². The highest BCUT2D eigenvalue weighted by molar-refractivity contribution is 9.10. The highest BCUT2D eigenvalue weighted by Crippen LogP contribution is 2.38. The third-order valence-corrected chi connectivity index (χ3v) is 3.89. The zero-order valence-electron chi connectivity index (χ0n) is 10.8. The molecule has 0 heterocycles. The van der Waals surface area contributed by atoms with E-state index in [1.54, 1.807) is 14.2 Å². The summed E-state index contributed by atoms with van der Waals surface area (Å²) in [6.07, 6.45) is 1.04. The van der Waals surface area contributed by atoms with Gasteiger partial charge >= 0.3 is 0 Å². The Morgan fingerprint density at radius 2 is 1.71 bits per heavy atom. The lowest BCUT2D eigenvalue weighted by Crippen LogP contribution is -2.18. The molecule has 96 valence electrons. The molecule has 0 aromatic heterocycles. The molecule has 4 heteroatoms. The molecule has 0 spiro atoms. The quantitative estimate of drug-likeness (QED) is 0.905. The molecule has 0 fully saturated rings. The van der Waals surface area contributed by atoms with Crippen molar-refractivity contribution < 1.29 is 9.47 Å². The molecule has 3 nitrogen and oxygen atoms in total. The van der Waals surface area contributed by atoms with E-state index in [1.807, 2.05) is 12.1 Å². The van der Waals surface area contributed by atoms with E-state index >= 15 is 0 Å². The second-order valence-electron chi connectivity index (χ2n) is 4.15. The van der Waals surface area contributed by atoms with Crippen LogP contribution in [0.3, 0.4) is 0 Å². The van der Waals surface area contributed by atoms with Gasteiger partial charge in [-0.1, -0.05) is 20.3 Å². The molecule has 2 atom stereocenters. The fraction of sp³-hybridized carbons (Fsp3) is 0.538. The Morgan fingerprint density at radius 1 is 1.24 bits per heavy atom. The van der Waals surface area contributed by atoms with Gasteiger partial charge in [0.05, 0.1) is 14.2 Å². The standard InChI is InChI=1S/C13H20BrNO2/c1-5-8(2)13(15)9-6-10(16-3)12(14)11(7-9)17-4/h6-8,13H,5,15H2,1-4H3/t8?,13-/m1/s1. The predicted molar refractivity (Wildman–Crippen MR) is 73.6 cm³/mol. The lowest BCUT2D eigenvalue weighted by molar-refractivity contribution is 0.384. The SMILES string of the molecule is CCC(C)[C@@H](N)c1cc(OC)c(Br)c(OC)c1. The minimum atomic E-state index is -0.00380. The molecular formula is C13H20BrNO2. The molecule has 17 heavy (non-hydrogen) atoms. The molecule has 1 aromatic rings. The number of benzene rings is 1. The summed E-state index contributed by atoms with van der Waals surface area (Å²) in [6.45, 7) is 4.28. The van der Waals surface area contributed by atoms with Crippen molar-refractivity contribution in [2.24, 2.45) is 11.7 Å². The topological polar surface area (TPSA) is 44.5 Å². The van der Waals surface area contributed by atoms with Crippen LogP contribution in [0.15, 0.2) is 16.6 Å². The molecule has 1 rings (SSSR count). The predicted octanol–water partition coefficient (Wildman–Crippen LogP) is 3.51. The second kappa shape index (κ2) is 6.26. The fourth-order valence-corrected chi connectivity index (χ4v) is 2.22. The van der Waals surface area contributed by atoms with Crippen LogP contribution in [0.25, 0.3) is 0 Å². The van der Waals surface area contributed by atoms with Gasteiger partial charge in [-0.15, -0.1) is 0 Å². The van der Waals surface area contributed by atoms with Gasteiger partial charge in [0.15, 0.2) is 0 Å². The van der Waals surface area contributed by atoms with E-state index in [0.717, 1.165) is 28.0 Å². The van der Waals surface area contributed by atoms with Gasteiger partial charge in [0, 0.05) is 6.04 Å². The molecule has 0 bridgehead atoms. The zero-order valence-corrected chi connectivity index (χ0v) is 12.4. The van der Waals surface area contributed by atoms with Crippen LogP contribution in [0.5, 0.6) is 11.5 Å². The molecule has 0 aliphatic rings. The Morgan fingerprint density at radius 3 is 2.06 bits per heavy atom. The Labute approximate surface area is 111 Å². The molecular weight excluding hydrogens is 282 g/mol. The van der Waals surface area contributed by atoms with E-state index in [1.165, 1.54) is 0 Å². The van der Waals surface area contributed by atoms with Crippen molar-refractivity contribution in [3.63, 3.8) is 0 Å². The lowest BCUT2D eigenvalue weighted by Gasteiger charge is -2.20. The summed E-state index contributed by atoms with van der Waals surface area (Å²) in [4.78, 5) is 0. The number of halogens is 1. The molecule has 0 saturated carbocycles. The third-order valence-electron chi connectivity index (χ3n) is 3.11. The van der Waals surface area contributed by atoms with E-state index in [-0.39, 0.29) is 6.04 Å². The number of hydrogen-bond donors (Lipinski definition) is 1. The average Bonchev–Trinajstić information content (AvgIpc) is 2.37. The van der Waals surface area contributed by atoms with Gasteiger partial charge in [-0.25, -0.2) is 0 Å². The van der Waals surface area contributed by atoms with E-state index in [0.29, 0.717) is 5.92 Å². The average molecular weight is 302 g/mol. The summed E-state index contributed by atoms with van der Waals surface area (Å²) in [5.74, 6) is 1.92. The van der Waals surface area contributed by atoms with Crippen molar-refractivity contribution in [2.45, 2.75) is 26.3 Å². The van der Waals surface area contributed by atoms with Gasteiger partial charge in [-0.05, 0) is 39.5 Å². The Balaban J connectivity index is 3.17. The first-order valence-corrected chi connectivity index (χ1v) is 6.51. The van der Waals surface area contributed by atoms with Gasteiger partial charge in [0.25, 0.3) is 0 Å². The van der Waals surface area contributed by atoms with Gasteiger partial charge < -0.3 is 15.2 Å². The smallest absolute Gasteiger partial charge is 0.137 e. The van der Waals surface area contributed by atoms with Crippen molar-refractivity contribution in [1.29, 1.82) is 0 Å². The van der Waals surface area contributed by atoms with Crippen LogP contribution in [0.2, 0.25) is 0 Å². The molecule has 0 aliphatic carbocycles. The number of methoxy groups -OCH3 is 2.